The van der Waals surface area contributed by atoms with Crippen LogP contribution in [0.4, 0.5) is 5.69 Å². The van der Waals surface area contributed by atoms with Gasteiger partial charge in [0.15, 0.2) is 0 Å². The Bertz CT molecular complexity index is 613. The van der Waals surface area contributed by atoms with Crippen molar-refractivity contribution in [3.63, 3.8) is 0 Å². The Morgan fingerprint density at radius 3 is 2.48 bits per heavy atom. The Morgan fingerprint density at radius 1 is 1.12 bits per heavy atom. The summed E-state index contributed by atoms with van der Waals surface area (Å²) in [5.41, 5.74) is 1.61. The van der Waals surface area contributed by atoms with Gasteiger partial charge in [0.1, 0.15) is 0 Å². The van der Waals surface area contributed by atoms with Crippen LogP contribution in [0.15, 0.2) is 24.3 Å². The van der Waals surface area contributed by atoms with Crippen molar-refractivity contribution in [2.45, 2.75) is 52.0 Å². The summed E-state index contributed by atoms with van der Waals surface area (Å²) in [6, 6.07) is 7.18. The van der Waals surface area contributed by atoms with Gasteiger partial charge in [-0.25, -0.2) is 0 Å². The van der Waals surface area contributed by atoms with Gasteiger partial charge in [-0.05, 0) is 30.5 Å². The average molecular weight is 345 g/mol. The highest BCUT2D eigenvalue weighted by molar-refractivity contribution is 5.90. The molecule has 1 aromatic carbocycles. The molecule has 1 aliphatic rings. The highest BCUT2D eigenvalue weighted by Gasteiger charge is 2.29. The Hall–Kier alpha value is -2.37. The van der Waals surface area contributed by atoms with Crippen molar-refractivity contribution < 1.29 is 14.4 Å². The first kappa shape index (κ1) is 19.0. The lowest BCUT2D eigenvalue weighted by Crippen LogP contribution is -2.38. The molecule has 0 unspecified atom stereocenters. The standard InChI is InChI=1S/C19H27N3O3/c1-3-5-17(23)20-15-8-6-14(7-9-15)11-18(24)21-16-12-19(25)22(13-16)10-4-2/h6-9,16H,3-5,10-13H2,1-2H3,(H,20,23)(H,21,24)/t16-/m0/s1. The summed E-state index contributed by atoms with van der Waals surface area (Å²) in [7, 11) is 0. The van der Waals surface area contributed by atoms with E-state index in [0.29, 0.717) is 19.4 Å². The highest BCUT2D eigenvalue weighted by atomic mass is 16.2. The van der Waals surface area contributed by atoms with Crippen LogP contribution in [0, 0.1) is 0 Å². The quantitative estimate of drug-likeness (QED) is 0.757. The minimum atomic E-state index is -0.0980. The molecule has 0 aromatic heterocycles. The molecule has 2 rings (SSSR count). The number of anilines is 1. The van der Waals surface area contributed by atoms with E-state index in [2.05, 4.69) is 10.6 Å². The van der Waals surface area contributed by atoms with Gasteiger partial charge in [-0.2, -0.15) is 0 Å². The maximum atomic E-state index is 12.2. The van der Waals surface area contributed by atoms with Gasteiger partial charge in [-0.1, -0.05) is 26.0 Å². The second-order valence-corrected chi connectivity index (χ2v) is 6.48. The second-order valence-electron chi connectivity index (χ2n) is 6.48. The molecule has 6 heteroatoms. The fourth-order valence-electron chi connectivity index (χ4n) is 2.98. The molecular formula is C19H27N3O3. The first-order valence-corrected chi connectivity index (χ1v) is 8.97. The van der Waals surface area contributed by atoms with Gasteiger partial charge >= 0.3 is 0 Å². The largest absolute Gasteiger partial charge is 0.351 e. The monoisotopic (exact) mass is 345 g/mol. The summed E-state index contributed by atoms with van der Waals surface area (Å²) in [6.07, 6.45) is 2.88. The summed E-state index contributed by atoms with van der Waals surface area (Å²) >= 11 is 0. The summed E-state index contributed by atoms with van der Waals surface area (Å²) in [4.78, 5) is 37.4. The molecule has 0 aliphatic carbocycles. The first-order chi connectivity index (χ1) is 12.0. The van der Waals surface area contributed by atoms with Crippen LogP contribution in [0.25, 0.3) is 0 Å². The summed E-state index contributed by atoms with van der Waals surface area (Å²) < 4.78 is 0. The molecule has 0 bridgehead atoms. The van der Waals surface area contributed by atoms with Crippen molar-refractivity contribution in [3.8, 4) is 0 Å². The van der Waals surface area contributed by atoms with Crippen LogP contribution >= 0.6 is 0 Å². The zero-order valence-corrected chi connectivity index (χ0v) is 15.0. The number of nitrogens with zero attached hydrogens (tertiary/aromatic N) is 1. The lowest BCUT2D eigenvalue weighted by molar-refractivity contribution is -0.127. The van der Waals surface area contributed by atoms with E-state index in [0.717, 1.165) is 30.6 Å². The number of benzene rings is 1. The SMILES string of the molecule is CCCC(=O)Nc1ccc(CC(=O)N[C@H]2CC(=O)N(CCC)C2)cc1. The molecule has 1 atom stereocenters. The Morgan fingerprint density at radius 2 is 1.84 bits per heavy atom. The van der Waals surface area contributed by atoms with E-state index in [4.69, 9.17) is 0 Å². The van der Waals surface area contributed by atoms with Crippen molar-refractivity contribution in [1.82, 2.24) is 10.2 Å². The maximum absolute atomic E-state index is 12.2. The molecule has 6 nitrogen and oxygen atoms in total. The van der Waals surface area contributed by atoms with E-state index in [9.17, 15) is 14.4 Å². The maximum Gasteiger partial charge on any atom is 0.224 e. The summed E-state index contributed by atoms with van der Waals surface area (Å²) in [6.45, 7) is 5.34. The molecule has 1 saturated heterocycles. The fourth-order valence-corrected chi connectivity index (χ4v) is 2.98. The van der Waals surface area contributed by atoms with Crippen LogP contribution in [0.3, 0.4) is 0 Å². The number of likely N-dealkylation sites (tertiary alicyclic amines) is 1. The van der Waals surface area contributed by atoms with E-state index in [1.165, 1.54) is 0 Å². The molecule has 25 heavy (non-hydrogen) atoms. The van der Waals surface area contributed by atoms with Gasteiger partial charge < -0.3 is 15.5 Å². The molecule has 0 radical (unpaired) electrons. The van der Waals surface area contributed by atoms with Gasteiger partial charge in [-0.3, -0.25) is 14.4 Å². The number of hydrogen-bond donors (Lipinski definition) is 2. The topological polar surface area (TPSA) is 78.5 Å². The Balaban J connectivity index is 1.81. The van der Waals surface area contributed by atoms with Crippen LogP contribution in [-0.4, -0.2) is 41.8 Å². The molecule has 136 valence electrons. The number of nitrogens with one attached hydrogen (secondary N) is 2. The zero-order valence-electron chi connectivity index (χ0n) is 15.0. The number of amides is 3. The average Bonchev–Trinajstić information content (AvgIpc) is 2.89. The number of carbonyl (C=O) groups is 3. The van der Waals surface area contributed by atoms with Crippen LogP contribution in [0.1, 0.15) is 45.1 Å². The smallest absolute Gasteiger partial charge is 0.224 e. The molecule has 3 amide bonds. The van der Waals surface area contributed by atoms with Gasteiger partial charge in [-0.15, -0.1) is 0 Å². The van der Waals surface area contributed by atoms with Crippen molar-refractivity contribution in [2.75, 3.05) is 18.4 Å². The Kier molecular flexibility index (Phi) is 6.98. The summed E-state index contributed by atoms with van der Waals surface area (Å²) in [5, 5.41) is 5.76. The van der Waals surface area contributed by atoms with Crippen LogP contribution < -0.4 is 10.6 Å². The predicted octanol–water partition coefficient (Wildman–Crippen LogP) is 2.09. The predicted molar refractivity (Wildman–Crippen MR) is 97.1 cm³/mol. The van der Waals surface area contributed by atoms with Crippen LogP contribution in [0.5, 0.6) is 0 Å². The Labute approximate surface area is 149 Å². The normalized spacial score (nSPS) is 16.8. The van der Waals surface area contributed by atoms with E-state index in [1.807, 2.05) is 26.0 Å². The molecule has 2 N–H and O–H groups in total. The van der Waals surface area contributed by atoms with Gasteiger partial charge in [0.2, 0.25) is 17.7 Å². The first-order valence-electron chi connectivity index (χ1n) is 8.97. The second kappa shape index (κ2) is 9.20. The number of rotatable bonds is 8. The van der Waals surface area contributed by atoms with Crippen molar-refractivity contribution in [1.29, 1.82) is 0 Å². The lowest BCUT2D eigenvalue weighted by Gasteiger charge is -2.16. The van der Waals surface area contributed by atoms with E-state index < -0.39 is 0 Å². The van der Waals surface area contributed by atoms with Crippen molar-refractivity contribution in [2.24, 2.45) is 0 Å². The highest BCUT2D eigenvalue weighted by Crippen LogP contribution is 2.13. The molecule has 0 spiro atoms. The lowest BCUT2D eigenvalue weighted by atomic mass is 10.1. The minimum Gasteiger partial charge on any atom is -0.351 e. The molecule has 1 aliphatic heterocycles. The molecule has 1 fully saturated rings. The number of hydrogen-bond acceptors (Lipinski definition) is 3. The minimum absolute atomic E-state index is 0.00414. The van der Waals surface area contributed by atoms with Gasteiger partial charge in [0.05, 0.1) is 12.5 Å². The molecule has 0 saturated carbocycles. The van der Waals surface area contributed by atoms with Gasteiger partial charge in [0, 0.05) is 31.6 Å². The van der Waals surface area contributed by atoms with Gasteiger partial charge in [0.25, 0.3) is 0 Å². The molecular weight excluding hydrogens is 318 g/mol. The zero-order chi connectivity index (χ0) is 18.2. The van der Waals surface area contributed by atoms with Crippen molar-refractivity contribution in [3.05, 3.63) is 29.8 Å². The molecule has 1 aromatic rings. The third kappa shape index (κ3) is 5.89. The fraction of sp³-hybridized carbons (Fsp3) is 0.526. The third-order valence-corrected chi connectivity index (χ3v) is 4.15. The van der Waals surface area contributed by atoms with E-state index in [-0.39, 0.29) is 30.2 Å². The van der Waals surface area contributed by atoms with Crippen LogP contribution in [0.2, 0.25) is 0 Å². The number of carbonyl (C=O) groups excluding carboxylic acids is 3. The van der Waals surface area contributed by atoms with E-state index >= 15 is 0 Å². The summed E-state index contributed by atoms with van der Waals surface area (Å²) in [5.74, 6) is 0.0220. The van der Waals surface area contributed by atoms with E-state index in [1.54, 1.807) is 17.0 Å². The van der Waals surface area contributed by atoms with Crippen molar-refractivity contribution >= 4 is 23.4 Å². The molecule has 1 heterocycles. The van der Waals surface area contributed by atoms with Crippen LogP contribution in [-0.2, 0) is 20.8 Å². The third-order valence-electron chi connectivity index (χ3n) is 4.15.